The summed E-state index contributed by atoms with van der Waals surface area (Å²) >= 11 is 12.2. The second-order valence-electron chi connectivity index (χ2n) is 5.02. The summed E-state index contributed by atoms with van der Waals surface area (Å²) in [6.45, 7) is 0. The largest absolute Gasteiger partial charge is 0.507 e. The van der Waals surface area contributed by atoms with Crippen LogP contribution in [0, 0.1) is 0 Å². The predicted molar refractivity (Wildman–Crippen MR) is 97.3 cm³/mol. The average molecular weight is 375 g/mol. The average Bonchev–Trinajstić information content (AvgIpc) is 3.06. The smallest absolute Gasteiger partial charge is 0.275 e. The Morgan fingerprint density at radius 2 is 1.88 bits per heavy atom. The second-order valence-corrected chi connectivity index (χ2v) is 5.80. The third kappa shape index (κ3) is 3.84. The molecule has 1 heterocycles. The number of hydrogen-bond donors (Lipinski definition) is 2. The van der Waals surface area contributed by atoms with Crippen LogP contribution >= 0.6 is 23.2 Å². The number of nitrogens with one attached hydrogen (secondary N) is 1. The van der Waals surface area contributed by atoms with E-state index in [1.807, 2.05) is 0 Å². The monoisotopic (exact) mass is 374 g/mol. The zero-order chi connectivity index (χ0) is 17.8. The molecule has 0 aliphatic carbocycles. The molecule has 2 N–H and O–H groups in total. The highest BCUT2D eigenvalue weighted by molar-refractivity contribution is 6.43. The lowest BCUT2D eigenvalue weighted by Gasteiger charge is -2.02. The summed E-state index contributed by atoms with van der Waals surface area (Å²) in [5, 5.41) is 14.3. The first kappa shape index (κ1) is 17.1. The van der Waals surface area contributed by atoms with Gasteiger partial charge < -0.3 is 9.52 Å². The molecule has 2 aromatic carbocycles. The van der Waals surface area contributed by atoms with E-state index in [0.29, 0.717) is 27.1 Å². The maximum Gasteiger partial charge on any atom is 0.275 e. The minimum Gasteiger partial charge on any atom is -0.507 e. The van der Waals surface area contributed by atoms with E-state index in [0.717, 1.165) is 0 Å². The van der Waals surface area contributed by atoms with Gasteiger partial charge in [-0.25, -0.2) is 5.43 Å². The van der Waals surface area contributed by atoms with E-state index in [-0.39, 0.29) is 11.3 Å². The fraction of sp³-hybridized carbons (Fsp3) is 0. The molecule has 7 heteroatoms. The Morgan fingerprint density at radius 3 is 2.68 bits per heavy atom. The van der Waals surface area contributed by atoms with E-state index in [4.69, 9.17) is 27.6 Å². The van der Waals surface area contributed by atoms with Gasteiger partial charge in [0.05, 0.1) is 21.8 Å². The van der Waals surface area contributed by atoms with Gasteiger partial charge in [-0.2, -0.15) is 5.10 Å². The van der Waals surface area contributed by atoms with Gasteiger partial charge in [0.25, 0.3) is 5.91 Å². The number of phenolic OH excluding ortho intramolecular Hbond substituents is 1. The van der Waals surface area contributed by atoms with Gasteiger partial charge >= 0.3 is 0 Å². The molecular formula is C18H12Cl2N2O3. The van der Waals surface area contributed by atoms with Gasteiger partial charge in [-0.1, -0.05) is 41.4 Å². The molecule has 1 aromatic heterocycles. The van der Waals surface area contributed by atoms with Gasteiger partial charge in [-0.15, -0.1) is 0 Å². The van der Waals surface area contributed by atoms with Crippen molar-refractivity contribution in [3.8, 4) is 17.1 Å². The minimum atomic E-state index is -0.529. The first-order valence-electron chi connectivity index (χ1n) is 7.22. The number of carbonyl (C=O) groups excluding carboxylic acids is 1. The van der Waals surface area contributed by atoms with Crippen LogP contribution in [-0.4, -0.2) is 17.2 Å². The van der Waals surface area contributed by atoms with Crippen LogP contribution in [0.25, 0.3) is 11.3 Å². The lowest BCUT2D eigenvalue weighted by molar-refractivity contribution is 0.0952. The number of aromatic hydroxyl groups is 1. The van der Waals surface area contributed by atoms with Crippen molar-refractivity contribution in [1.82, 2.24) is 5.43 Å². The second kappa shape index (κ2) is 7.42. The van der Waals surface area contributed by atoms with Crippen molar-refractivity contribution in [3.05, 3.63) is 76.0 Å². The van der Waals surface area contributed by atoms with E-state index >= 15 is 0 Å². The van der Waals surface area contributed by atoms with Crippen molar-refractivity contribution in [2.24, 2.45) is 5.10 Å². The van der Waals surface area contributed by atoms with Crippen LogP contribution in [0.15, 0.2) is 64.1 Å². The van der Waals surface area contributed by atoms with Gasteiger partial charge in [0.2, 0.25) is 0 Å². The molecule has 0 saturated heterocycles. The molecule has 3 aromatic rings. The van der Waals surface area contributed by atoms with E-state index in [1.54, 1.807) is 42.5 Å². The first-order valence-corrected chi connectivity index (χ1v) is 7.97. The zero-order valence-corrected chi connectivity index (χ0v) is 14.3. The van der Waals surface area contributed by atoms with Gasteiger partial charge in [-0.3, -0.25) is 4.79 Å². The van der Waals surface area contributed by atoms with Crippen molar-refractivity contribution in [1.29, 1.82) is 0 Å². The molecule has 0 atom stereocenters. The third-order valence-corrected chi connectivity index (χ3v) is 4.17. The number of rotatable bonds is 4. The Hall–Kier alpha value is -2.76. The van der Waals surface area contributed by atoms with E-state index in [2.05, 4.69) is 10.5 Å². The summed E-state index contributed by atoms with van der Waals surface area (Å²) in [6, 6.07) is 14.8. The molecule has 1 amide bonds. The fourth-order valence-electron chi connectivity index (χ4n) is 2.14. The molecule has 0 saturated carbocycles. The van der Waals surface area contributed by atoms with Gasteiger partial charge in [0, 0.05) is 5.56 Å². The Bertz CT molecular complexity index is 951. The molecule has 3 rings (SSSR count). The van der Waals surface area contributed by atoms with Crippen molar-refractivity contribution in [2.75, 3.05) is 0 Å². The van der Waals surface area contributed by atoms with Crippen LogP contribution in [0.2, 0.25) is 10.0 Å². The summed E-state index contributed by atoms with van der Waals surface area (Å²) in [5.74, 6) is 0.301. The lowest BCUT2D eigenvalue weighted by Crippen LogP contribution is -2.17. The molecule has 0 bridgehead atoms. The summed E-state index contributed by atoms with van der Waals surface area (Å²) < 4.78 is 5.62. The predicted octanol–water partition coefficient (Wildman–Crippen LogP) is 4.72. The number of phenols is 1. The van der Waals surface area contributed by atoms with Gasteiger partial charge in [0.15, 0.2) is 0 Å². The number of furan rings is 1. The summed E-state index contributed by atoms with van der Waals surface area (Å²) in [4.78, 5) is 11.9. The molecular weight excluding hydrogens is 363 g/mol. The molecule has 0 fully saturated rings. The molecule has 25 heavy (non-hydrogen) atoms. The van der Waals surface area contributed by atoms with Crippen LogP contribution in [-0.2, 0) is 0 Å². The maximum atomic E-state index is 11.9. The molecule has 0 aliphatic rings. The molecule has 0 spiro atoms. The molecule has 0 aliphatic heterocycles. The van der Waals surface area contributed by atoms with Gasteiger partial charge in [0.1, 0.15) is 17.3 Å². The van der Waals surface area contributed by atoms with E-state index < -0.39 is 5.91 Å². The Kier molecular flexibility index (Phi) is 5.07. The number of hydrazone groups is 1. The van der Waals surface area contributed by atoms with Crippen LogP contribution in [0.3, 0.4) is 0 Å². The summed E-state index contributed by atoms with van der Waals surface area (Å²) in [5.41, 5.74) is 3.11. The Balaban J connectivity index is 1.71. The highest BCUT2D eigenvalue weighted by Gasteiger charge is 2.11. The quantitative estimate of drug-likeness (QED) is 0.512. The number of para-hydroxylation sites is 1. The fourth-order valence-corrected chi connectivity index (χ4v) is 2.54. The number of amides is 1. The van der Waals surface area contributed by atoms with Crippen molar-refractivity contribution in [2.45, 2.75) is 0 Å². The number of benzene rings is 2. The van der Waals surface area contributed by atoms with Crippen LogP contribution in [0.5, 0.6) is 5.75 Å². The first-order chi connectivity index (χ1) is 12.1. The normalized spacial score (nSPS) is 11.0. The van der Waals surface area contributed by atoms with Gasteiger partial charge in [-0.05, 0) is 36.4 Å². The summed E-state index contributed by atoms with van der Waals surface area (Å²) in [6.07, 6.45) is 1.35. The summed E-state index contributed by atoms with van der Waals surface area (Å²) in [7, 11) is 0. The highest BCUT2D eigenvalue weighted by Crippen LogP contribution is 2.34. The molecule has 126 valence electrons. The molecule has 0 radical (unpaired) electrons. The lowest BCUT2D eigenvalue weighted by atomic mass is 10.2. The SMILES string of the molecule is O=C(NN=Cc1ccc(-c2cccc(Cl)c2Cl)o1)c1ccccc1O. The number of carbonyl (C=O) groups is 1. The highest BCUT2D eigenvalue weighted by atomic mass is 35.5. The Labute approximate surface area is 153 Å². The molecule has 5 nitrogen and oxygen atoms in total. The number of nitrogens with zero attached hydrogens (tertiary/aromatic N) is 1. The van der Waals surface area contributed by atoms with Crippen LogP contribution < -0.4 is 5.43 Å². The van der Waals surface area contributed by atoms with Crippen molar-refractivity contribution >= 4 is 35.3 Å². The standard InChI is InChI=1S/C18H12Cl2N2O3/c19-14-6-3-5-13(17(14)20)16-9-8-11(25-16)10-21-22-18(24)12-4-1-2-7-15(12)23/h1-10,23H,(H,22,24). The Morgan fingerprint density at radius 1 is 1.08 bits per heavy atom. The van der Waals surface area contributed by atoms with E-state index in [9.17, 15) is 9.90 Å². The topological polar surface area (TPSA) is 74.8 Å². The third-order valence-electron chi connectivity index (χ3n) is 3.35. The van der Waals surface area contributed by atoms with E-state index in [1.165, 1.54) is 18.3 Å². The minimum absolute atomic E-state index is 0.119. The maximum absolute atomic E-state index is 11.9. The molecule has 0 unspecified atom stereocenters. The number of hydrogen-bond acceptors (Lipinski definition) is 4. The number of halogens is 2. The zero-order valence-electron chi connectivity index (χ0n) is 12.7. The van der Waals surface area contributed by atoms with Crippen molar-refractivity contribution < 1.29 is 14.3 Å². The van der Waals surface area contributed by atoms with Crippen molar-refractivity contribution in [3.63, 3.8) is 0 Å². The van der Waals surface area contributed by atoms with Crippen LogP contribution in [0.1, 0.15) is 16.1 Å². The van der Waals surface area contributed by atoms with Crippen LogP contribution in [0.4, 0.5) is 0 Å².